The third-order valence-corrected chi connectivity index (χ3v) is 4.03. The normalized spacial score (nSPS) is 15.9. The molecule has 1 aromatic carbocycles. The van der Waals surface area contributed by atoms with Gasteiger partial charge >= 0.3 is 12.2 Å². The number of aromatic amines is 1. The molecule has 0 bridgehead atoms. The van der Waals surface area contributed by atoms with Gasteiger partial charge in [-0.2, -0.15) is 18.3 Å². The summed E-state index contributed by atoms with van der Waals surface area (Å²) in [5.41, 5.74) is 1.33. The van der Waals surface area contributed by atoms with Crippen molar-refractivity contribution in [2.24, 2.45) is 0 Å². The number of hydrogen-bond acceptors (Lipinski definition) is 4. The average molecular weight is 368 g/mol. The van der Waals surface area contributed by atoms with Gasteiger partial charge in [0.25, 0.3) is 0 Å². The van der Waals surface area contributed by atoms with Crippen LogP contribution in [-0.4, -0.2) is 69.9 Å². The number of alkyl halides is 3. The molecule has 2 aromatic rings. The second-order valence-corrected chi connectivity index (χ2v) is 6.13. The summed E-state index contributed by atoms with van der Waals surface area (Å²) < 4.78 is 37.2. The van der Waals surface area contributed by atoms with Crippen molar-refractivity contribution in [3.8, 4) is 11.4 Å². The number of aryl methyl sites for hydroxylation is 1. The van der Waals surface area contributed by atoms with E-state index in [1.165, 1.54) is 9.80 Å². The number of piperazine rings is 1. The number of H-pyrrole nitrogens is 1. The van der Waals surface area contributed by atoms with Crippen LogP contribution in [0.1, 0.15) is 5.82 Å². The molecule has 1 saturated heterocycles. The topological polar surface area (TPSA) is 77.2 Å². The van der Waals surface area contributed by atoms with Crippen molar-refractivity contribution >= 4 is 11.7 Å². The Morgan fingerprint density at radius 1 is 1.27 bits per heavy atom. The van der Waals surface area contributed by atoms with Crippen molar-refractivity contribution in [3.63, 3.8) is 0 Å². The van der Waals surface area contributed by atoms with Gasteiger partial charge in [0.1, 0.15) is 5.82 Å². The van der Waals surface area contributed by atoms with Crippen LogP contribution in [0.25, 0.3) is 11.4 Å². The minimum Gasteiger partial charge on any atom is -0.322 e. The molecule has 1 aromatic heterocycles. The molecule has 26 heavy (non-hydrogen) atoms. The second-order valence-electron chi connectivity index (χ2n) is 6.13. The molecule has 2 N–H and O–H groups in total. The first-order chi connectivity index (χ1) is 12.3. The summed E-state index contributed by atoms with van der Waals surface area (Å²) in [6, 6.07) is 6.76. The van der Waals surface area contributed by atoms with Gasteiger partial charge in [0.2, 0.25) is 0 Å². The summed E-state index contributed by atoms with van der Waals surface area (Å²) in [5.74, 6) is 1.21. The number of halogens is 3. The van der Waals surface area contributed by atoms with Crippen LogP contribution < -0.4 is 5.32 Å². The molecule has 10 heteroatoms. The molecule has 2 heterocycles. The van der Waals surface area contributed by atoms with Crippen LogP contribution in [0.3, 0.4) is 0 Å². The molecule has 0 spiro atoms. The van der Waals surface area contributed by atoms with Gasteiger partial charge in [-0.25, -0.2) is 9.78 Å². The maximum Gasteiger partial charge on any atom is 0.401 e. The van der Waals surface area contributed by atoms with E-state index in [1.807, 2.05) is 6.07 Å². The fourth-order valence-corrected chi connectivity index (χ4v) is 2.77. The number of benzene rings is 1. The first kappa shape index (κ1) is 18.2. The molecular formula is C16H19F3N6O. The van der Waals surface area contributed by atoms with E-state index in [9.17, 15) is 18.0 Å². The van der Waals surface area contributed by atoms with E-state index in [-0.39, 0.29) is 32.2 Å². The smallest absolute Gasteiger partial charge is 0.322 e. The molecule has 1 aliphatic heterocycles. The molecule has 1 fully saturated rings. The summed E-state index contributed by atoms with van der Waals surface area (Å²) >= 11 is 0. The van der Waals surface area contributed by atoms with Gasteiger partial charge < -0.3 is 10.2 Å². The van der Waals surface area contributed by atoms with Gasteiger partial charge in [-0.15, -0.1) is 0 Å². The van der Waals surface area contributed by atoms with Crippen molar-refractivity contribution in [2.45, 2.75) is 13.1 Å². The lowest BCUT2D eigenvalue weighted by Crippen LogP contribution is -2.51. The molecule has 0 atom stereocenters. The summed E-state index contributed by atoms with van der Waals surface area (Å²) in [6.07, 6.45) is -4.22. The lowest BCUT2D eigenvalue weighted by Gasteiger charge is -2.34. The number of hydrogen-bond donors (Lipinski definition) is 2. The predicted octanol–water partition coefficient (Wildman–Crippen LogP) is 2.49. The van der Waals surface area contributed by atoms with Gasteiger partial charge in [0, 0.05) is 37.4 Å². The number of nitrogens with one attached hydrogen (secondary N) is 2. The zero-order chi connectivity index (χ0) is 18.7. The van der Waals surface area contributed by atoms with Crippen LogP contribution in [-0.2, 0) is 0 Å². The molecule has 0 saturated carbocycles. The SMILES string of the molecule is Cc1nc(-c2cccc(NC(=O)N3CCN(CC(F)(F)F)CC3)c2)n[nH]1. The van der Waals surface area contributed by atoms with E-state index in [0.717, 1.165) is 5.56 Å². The Bertz CT molecular complexity index is 767. The van der Waals surface area contributed by atoms with Gasteiger partial charge in [-0.05, 0) is 19.1 Å². The maximum absolute atomic E-state index is 12.4. The molecule has 1 aliphatic rings. The third kappa shape index (κ3) is 4.72. The maximum atomic E-state index is 12.4. The first-order valence-electron chi connectivity index (χ1n) is 8.15. The summed E-state index contributed by atoms with van der Waals surface area (Å²) in [6.45, 7) is 1.75. The largest absolute Gasteiger partial charge is 0.401 e. The van der Waals surface area contributed by atoms with Gasteiger partial charge in [0.05, 0.1) is 6.54 Å². The number of amides is 2. The third-order valence-electron chi connectivity index (χ3n) is 4.03. The number of nitrogens with zero attached hydrogens (tertiary/aromatic N) is 4. The van der Waals surface area contributed by atoms with Crippen LogP contribution in [0.2, 0.25) is 0 Å². The minimum absolute atomic E-state index is 0.198. The fraction of sp³-hybridized carbons (Fsp3) is 0.438. The molecule has 0 aliphatic carbocycles. The molecule has 3 rings (SSSR count). The highest BCUT2D eigenvalue weighted by atomic mass is 19.4. The van der Waals surface area contributed by atoms with E-state index in [4.69, 9.17) is 0 Å². The van der Waals surface area contributed by atoms with E-state index in [1.54, 1.807) is 25.1 Å². The molecule has 7 nitrogen and oxygen atoms in total. The molecule has 140 valence electrons. The van der Waals surface area contributed by atoms with Gasteiger partial charge in [0.15, 0.2) is 5.82 Å². The summed E-state index contributed by atoms with van der Waals surface area (Å²) in [4.78, 5) is 19.4. The minimum atomic E-state index is -4.22. The highest BCUT2D eigenvalue weighted by molar-refractivity contribution is 5.90. The number of anilines is 1. The van der Waals surface area contributed by atoms with Crippen LogP contribution in [0.4, 0.5) is 23.7 Å². The van der Waals surface area contributed by atoms with E-state index in [2.05, 4.69) is 20.5 Å². The van der Waals surface area contributed by atoms with Crippen molar-refractivity contribution in [1.29, 1.82) is 0 Å². The number of rotatable bonds is 3. The summed E-state index contributed by atoms with van der Waals surface area (Å²) in [7, 11) is 0. The highest BCUT2D eigenvalue weighted by Crippen LogP contribution is 2.20. The lowest BCUT2D eigenvalue weighted by molar-refractivity contribution is -0.148. The quantitative estimate of drug-likeness (QED) is 0.873. The zero-order valence-electron chi connectivity index (χ0n) is 14.2. The monoisotopic (exact) mass is 368 g/mol. The Hall–Kier alpha value is -2.62. The Kier molecular flexibility index (Phi) is 5.12. The number of aromatic nitrogens is 3. The van der Waals surface area contributed by atoms with E-state index >= 15 is 0 Å². The molecule has 2 amide bonds. The molecule has 0 radical (unpaired) electrons. The second kappa shape index (κ2) is 7.32. The Labute approximate surface area is 148 Å². The predicted molar refractivity (Wildman–Crippen MR) is 89.6 cm³/mol. The number of urea groups is 1. The van der Waals surface area contributed by atoms with Crippen LogP contribution in [0.15, 0.2) is 24.3 Å². The van der Waals surface area contributed by atoms with Gasteiger partial charge in [-0.3, -0.25) is 10.00 Å². The highest BCUT2D eigenvalue weighted by Gasteiger charge is 2.32. The van der Waals surface area contributed by atoms with Crippen molar-refractivity contribution < 1.29 is 18.0 Å². The number of carbonyl (C=O) groups excluding carboxylic acids is 1. The van der Waals surface area contributed by atoms with Crippen molar-refractivity contribution in [1.82, 2.24) is 25.0 Å². The first-order valence-corrected chi connectivity index (χ1v) is 8.15. The van der Waals surface area contributed by atoms with E-state index in [0.29, 0.717) is 17.3 Å². The van der Waals surface area contributed by atoms with Crippen LogP contribution >= 0.6 is 0 Å². The molecule has 0 unspecified atom stereocenters. The van der Waals surface area contributed by atoms with Crippen molar-refractivity contribution in [3.05, 3.63) is 30.1 Å². The fourth-order valence-electron chi connectivity index (χ4n) is 2.77. The van der Waals surface area contributed by atoms with Crippen LogP contribution in [0, 0.1) is 6.92 Å². The summed E-state index contributed by atoms with van der Waals surface area (Å²) in [5, 5.41) is 9.61. The average Bonchev–Trinajstić information content (AvgIpc) is 3.01. The standard InChI is InChI=1S/C16H19F3N6O/c1-11-20-14(23-22-11)12-3-2-4-13(9-12)21-15(26)25-7-5-24(6-8-25)10-16(17,18)19/h2-4,9H,5-8,10H2,1H3,(H,21,26)(H,20,22,23). The lowest BCUT2D eigenvalue weighted by atomic mass is 10.2. The zero-order valence-corrected chi connectivity index (χ0v) is 14.2. The van der Waals surface area contributed by atoms with Gasteiger partial charge in [-0.1, -0.05) is 12.1 Å². The Morgan fingerprint density at radius 3 is 2.62 bits per heavy atom. The van der Waals surface area contributed by atoms with E-state index < -0.39 is 12.7 Å². The Balaban J connectivity index is 1.57. The van der Waals surface area contributed by atoms with Crippen LogP contribution in [0.5, 0.6) is 0 Å². The number of carbonyl (C=O) groups is 1. The van der Waals surface area contributed by atoms with Crippen molar-refractivity contribution in [2.75, 3.05) is 38.0 Å². The molecular weight excluding hydrogens is 349 g/mol. The Morgan fingerprint density at radius 2 is 2.00 bits per heavy atom.